The number of anilines is 1. The van der Waals surface area contributed by atoms with Crippen LogP contribution in [0.1, 0.15) is 45.9 Å². The first kappa shape index (κ1) is 10.5. The Balaban J connectivity index is 2.22. The second-order valence-electron chi connectivity index (χ2n) is 5.77. The third-order valence-electron chi connectivity index (χ3n) is 2.78. The van der Waals surface area contributed by atoms with Gasteiger partial charge in [0.25, 0.3) is 0 Å². The number of fused-ring (bicyclic) bond motifs is 1. The quantitative estimate of drug-likeness (QED) is 0.767. The Morgan fingerprint density at radius 3 is 2.87 bits per heavy atom. The van der Waals surface area contributed by atoms with Crippen molar-refractivity contribution in [1.29, 1.82) is 0 Å². The second kappa shape index (κ2) is 3.54. The van der Waals surface area contributed by atoms with Gasteiger partial charge >= 0.3 is 0 Å². The molecule has 1 aromatic heterocycles. The fourth-order valence-corrected chi connectivity index (χ4v) is 2.07. The van der Waals surface area contributed by atoms with Crippen LogP contribution in [-0.4, -0.2) is 16.3 Å². The maximum atomic E-state index is 4.67. The molecule has 0 saturated heterocycles. The molecule has 0 amide bonds. The van der Waals surface area contributed by atoms with Crippen molar-refractivity contribution in [3.63, 3.8) is 0 Å². The highest BCUT2D eigenvalue weighted by atomic mass is 15.4. The van der Waals surface area contributed by atoms with Crippen molar-refractivity contribution in [1.82, 2.24) is 9.78 Å². The lowest BCUT2D eigenvalue weighted by atomic mass is 9.91. The minimum atomic E-state index is 0.313. The van der Waals surface area contributed by atoms with Crippen LogP contribution in [0.2, 0.25) is 0 Å². The summed E-state index contributed by atoms with van der Waals surface area (Å²) in [4.78, 5) is 0. The van der Waals surface area contributed by atoms with Crippen molar-refractivity contribution in [3.8, 4) is 0 Å². The van der Waals surface area contributed by atoms with Gasteiger partial charge in [-0.1, -0.05) is 20.8 Å². The van der Waals surface area contributed by atoms with Crippen molar-refractivity contribution in [2.75, 3.05) is 11.9 Å². The summed E-state index contributed by atoms with van der Waals surface area (Å²) in [5.41, 5.74) is 1.52. The largest absolute Gasteiger partial charge is 0.370 e. The van der Waals surface area contributed by atoms with Crippen molar-refractivity contribution < 1.29 is 0 Å². The van der Waals surface area contributed by atoms with E-state index in [0.717, 1.165) is 13.0 Å². The van der Waals surface area contributed by atoms with Crippen molar-refractivity contribution >= 4 is 5.82 Å². The Labute approximate surface area is 91.9 Å². The molecule has 3 heteroatoms. The molecular weight excluding hydrogens is 186 g/mol. The molecule has 0 saturated carbocycles. The molecule has 1 aliphatic rings. The van der Waals surface area contributed by atoms with Gasteiger partial charge in [-0.15, -0.1) is 0 Å². The van der Waals surface area contributed by atoms with Crippen LogP contribution in [0.5, 0.6) is 0 Å². The number of nitrogens with one attached hydrogen (secondary N) is 1. The Morgan fingerprint density at radius 1 is 1.53 bits per heavy atom. The Morgan fingerprint density at radius 2 is 2.27 bits per heavy atom. The standard InChI is InChI=1S/C12H21N3/c1-9-5-6-13-11-7-10(14-15(9)11)8-12(2,3)4/h7,9,13H,5-6,8H2,1-4H3. The summed E-state index contributed by atoms with van der Waals surface area (Å²) in [6.45, 7) is 10.1. The summed E-state index contributed by atoms with van der Waals surface area (Å²) in [6, 6.07) is 2.73. The Kier molecular flexibility index (Phi) is 2.49. The molecule has 0 spiro atoms. The van der Waals surface area contributed by atoms with Crippen LogP contribution in [0.4, 0.5) is 5.82 Å². The van der Waals surface area contributed by atoms with Gasteiger partial charge in [-0.25, -0.2) is 4.68 Å². The zero-order valence-corrected chi connectivity index (χ0v) is 10.2. The highest BCUT2D eigenvalue weighted by Crippen LogP contribution is 2.27. The Bertz CT molecular complexity index is 346. The number of aromatic nitrogens is 2. The van der Waals surface area contributed by atoms with E-state index in [0.29, 0.717) is 11.5 Å². The van der Waals surface area contributed by atoms with Crippen molar-refractivity contribution in [3.05, 3.63) is 11.8 Å². The van der Waals surface area contributed by atoms with Gasteiger partial charge in [0.2, 0.25) is 0 Å². The van der Waals surface area contributed by atoms with Crippen molar-refractivity contribution in [2.45, 2.75) is 46.6 Å². The summed E-state index contributed by atoms with van der Waals surface area (Å²) in [5.74, 6) is 1.19. The highest BCUT2D eigenvalue weighted by Gasteiger charge is 2.20. The fourth-order valence-electron chi connectivity index (χ4n) is 2.07. The van der Waals surface area contributed by atoms with Crippen LogP contribution in [0.15, 0.2) is 6.07 Å². The third-order valence-corrected chi connectivity index (χ3v) is 2.78. The van der Waals surface area contributed by atoms with Gasteiger partial charge < -0.3 is 5.32 Å². The zero-order valence-electron chi connectivity index (χ0n) is 10.2. The van der Waals surface area contributed by atoms with E-state index >= 15 is 0 Å². The van der Waals surface area contributed by atoms with Gasteiger partial charge in [0.15, 0.2) is 0 Å². The maximum Gasteiger partial charge on any atom is 0.124 e. The molecule has 1 unspecified atom stereocenters. The number of hydrogen-bond donors (Lipinski definition) is 1. The lowest BCUT2D eigenvalue weighted by Gasteiger charge is -2.21. The van der Waals surface area contributed by atoms with E-state index in [1.807, 2.05) is 0 Å². The Hall–Kier alpha value is -0.990. The highest BCUT2D eigenvalue weighted by molar-refractivity contribution is 5.39. The average molecular weight is 207 g/mol. The molecule has 1 aromatic rings. The van der Waals surface area contributed by atoms with E-state index < -0.39 is 0 Å². The molecule has 84 valence electrons. The van der Waals surface area contributed by atoms with Crippen molar-refractivity contribution in [2.24, 2.45) is 5.41 Å². The summed E-state index contributed by atoms with van der Waals surface area (Å²) >= 11 is 0. The normalized spacial score (nSPS) is 20.9. The molecule has 0 bridgehead atoms. The molecule has 2 rings (SSSR count). The third kappa shape index (κ3) is 2.33. The molecule has 15 heavy (non-hydrogen) atoms. The second-order valence-corrected chi connectivity index (χ2v) is 5.77. The van der Waals surface area contributed by atoms with Crippen LogP contribution in [0.25, 0.3) is 0 Å². The first-order valence-corrected chi connectivity index (χ1v) is 5.78. The summed E-state index contributed by atoms with van der Waals surface area (Å²) in [6.07, 6.45) is 2.21. The molecule has 3 nitrogen and oxygen atoms in total. The molecule has 2 heterocycles. The van der Waals surface area contributed by atoms with E-state index in [2.05, 4.69) is 48.9 Å². The maximum absolute atomic E-state index is 4.67. The smallest absolute Gasteiger partial charge is 0.124 e. The van der Waals surface area contributed by atoms with E-state index in [9.17, 15) is 0 Å². The minimum Gasteiger partial charge on any atom is -0.370 e. The fraction of sp³-hybridized carbons (Fsp3) is 0.750. The van der Waals surface area contributed by atoms with E-state index in [1.54, 1.807) is 0 Å². The van der Waals surface area contributed by atoms with Gasteiger partial charge in [0.1, 0.15) is 5.82 Å². The summed E-state index contributed by atoms with van der Waals surface area (Å²) < 4.78 is 2.13. The van der Waals surface area contributed by atoms with Crippen LogP contribution >= 0.6 is 0 Å². The first-order valence-electron chi connectivity index (χ1n) is 5.78. The predicted octanol–water partition coefficient (Wildman–Crippen LogP) is 2.85. The summed E-state index contributed by atoms with van der Waals surface area (Å²) in [5, 5.41) is 8.07. The minimum absolute atomic E-state index is 0.313. The van der Waals surface area contributed by atoms with Crippen LogP contribution in [0.3, 0.4) is 0 Å². The number of nitrogens with zero attached hydrogens (tertiary/aromatic N) is 2. The van der Waals surface area contributed by atoms with Gasteiger partial charge in [-0.05, 0) is 25.2 Å². The van der Waals surface area contributed by atoms with Gasteiger partial charge in [0.05, 0.1) is 11.7 Å². The van der Waals surface area contributed by atoms with E-state index in [1.165, 1.54) is 17.9 Å². The zero-order chi connectivity index (χ0) is 11.1. The molecule has 0 aromatic carbocycles. The van der Waals surface area contributed by atoms with Gasteiger partial charge in [-0.2, -0.15) is 5.10 Å². The van der Waals surface area contributed by atoms with Gasteiger partial charge in [-0.3, -0.25) is 0 Å². The average Bonchev–Trinajstić information content (AvgIpc) is 2.45. The van der Waals surface area contributed by atoms with Crippen LogP contribution in [0, 0.1) is 5.41 Å². The van der Waals surface area contributed by atoms with E-state index in [-0.39, 0.29) is 0 Å². The summed E-state index contributed by atoms with van der Waals surface area (Å²) in [7, 11) is 0. The van der Waals surface area contributed by atoms with Gasteiger partial charge in [0, 0.05) is 12.6 Å². The molecule has 1 atom stereocenters. The topological polar surface area (TPSA) is 29.9 Å². The molecule has 0 fully saturated rings. The van der Waals surface area contributed by atoms with E-state index in [4.69, 9.17) is 0 Å². The SMILES string of the molecule is CC1CCNc2cc(CC(C)(C)C)nn21. The number of hydrogen-bond acceptors (Lipinski definition) is 2. The van der Waals surface area contributed by atoms with Crippen LogP contribution in [-0.2, 0) is 6.42 Å². The number of rotatable bonds is 1. The lowest BCUT2D eigenvalue weighted by Crippen LogP contribution is -2.21. The predicted molar refractivity (Wildman–Crippen MR) is 63.2 cm³/mol. The monoisotopic (exact) mass is 207 g/mol. The molecule has 0 radical (unpaired) electrons. The first-order chi connectivity index (χ1) is 6.96. The molecule has 1 aliphatic heterocycles. The van der Waals surface area contributed by atoms with Crippen LogP contribution < -0.4 is 5.32 Å². The lowest BCUT2D eigenvalue weighted by molar-refractivity contribution is 0.395. The molecule has 0 aliphatic carbocycles. The molecular formula is C12H21N3. The molecule has 1 N–H and O–H groups in total.